The minimum atomic E-state index is -4.10. The number of halogens is 3. The van der Waals surface area contributed by atoms with Crippen LogP contribution < -0.4 is 14.4 Å². The Labute approximate surface area is 193 Å². The molecule has 0 aliphatic carbocycles. The lowest BCUT2D eigenvalue weighted by Crippen LogP contribution is -2.45. The molecule has 1 heterocycles. The number of ether oxygens (including phenoxy) is 1. The largest absolute Gasteiger partial charge is 0.484 e. The van der Waals surface area contributed by atoms with E-state index in [1.54, 1.807) is 0 Å². The van der Waals surface area contributed by atoms with Crippen molar-refractivity contribution < 1.29 is 31.8 Å². The Morgan fingerprint density at radius 1 is 1.12 bits per heavy atom. The first kappa shape index (κ1) is 23.0. The van der Waals surface area contributed by atoms with E-state index in [2.05, 4.69) is 5.32 Å². The quantitative estimate of drug-likeness (QED) is 0.562. The van der Waals surface area contributed by atoms with E-state index in [1.165, 1.54) is 42.5 Å². The first-order valence-electron chi connectivity index (χ1n) is 9.66. The summed E-state index contributed by atoms with van der Waals surface area (Å²) in [6, 6.07) is 12.7. The summed E-state index contributed by atoms with van der Waals surface area (Å²) in [5, 5.41) is 12.3. The number of anilines is 2. The Hall–Kier alpha value is -3.21. The molecule has 3 aromatic rings. The molecule has 0 saturated carbocycles. The number of amides is 1. The first-order chi connectivity index (χ1) is 15.7. The number of aliphatic hydroxyl groups is 1. The van der Waals surface area contributed by atoms with Gasteiger partial charge < -0.3 is 15.2 Å². The maximum Gasteiger partial charge on any atom is 0.264 e. The lowest BCUT2D eigenvalue weighted by Gasteiger charge is -2.35. The van der Waals surface area contributed by atoms with Gasteiger partial charge in [0.15, 0.2) is 0 Å². The summed E-state index contributed by atoms with van der Waals surface area (Å²) in [5.74, 6) is -2.96. The number of carbonyl (C=O) groups excluding carboxylic acids is 1. The summed E-state index contributed by atoms with van der Waals surface area (Å²) >= 11 is 5.86. The number of hydrogen-bond donors (Lipinski definition) is 2. The molecule has 4 rings (SSSR count). The van der Waals surface area contributed by atoms with E-state index in [0.717, 1.165) is 22.5 Å². The minimum absolute atomic E-state index is 0.0423. The number of benzene rings is 3. The number of carbonyl (C=O) groups is 1. The zero-order valence-electron chi connectivity index (χ0n) is 16.8. The van der Waals surface area contributed by atoms with Crippen molar-refractivity contribution in [3.05, 3.63) is 82.9 Å². The molecule has 2 N–H and O–H groups in total. The van der Waals surface area contributed by atoms with E-state index < -0.39 is 45.8 Å². The number of nitrogens with one attached hydrogen (secondary N) is 1. The Bertz CT molecular complexity index is 1300. The highest BCUT2D eigenvalue weighted by atomic mass is 35.5. The number of nitrogens with zero attached hydrogens (tertiary/aromatic N) is 1. The number of hydrogen-bond acceptors (Lipinski definition) is 5. The summed E-state index contributed by atoms with van der Waals surface area (Å²) in [6.07, 6.45) is -0.826. The van der Waals surface area contributed by atoms with Crippen molar-refractivity contribution in [1.82, 2.24) is 0 Å². The highest BCUT2D eigenvalue weighted by Gasteiger charge is 2.34. The summed E-state index contributed by atoms with van der Waals surface area (Å²) < 4.78 is 61.2. The second-order valence-electron chi connectivity index (χ2n) is 7.15. The van der Waals surface area contributed by atoms with Crippen LogP contribution in [-0.4, -0.2) is 38.7 Å². The van der Waals surface area contributed by atoms with Crippen LogP contribution in [0.3, 0.4) is 0 Å². The predicted molar refractivity (Wildman–Crippen MR) is 118 cm³/mol. The molecule has 1 aliphatic heterocycles. The number of sulfonamides is 1. The predicted octanol–water partition coefficient (Wildman–Crippen LogP) is 3.82. The maximum absolute atomic E-state index is 14.0. The van der Waals surface area contributed by atoms with E-state index in [0.29, 0.717) is 5.02 Å². The van der Waals surface area contributed by atoms with E-state index in [-0.39, 0.29) is 28.6 Å². The van der Waals surface area contributed by atoms with Crippen molar-refractivity contribution in [2.45, 2.75) is 11.0 Å². The van der Waals surface area contributed by atoms with Crippen LogP contribution in [0.15, 0.2) is 65.6 Å². The summed E-state index contributed by atoms with van der Waals surface area (Å²) in [4.78, 5) is 12.4. The van der Waals surface area contributed by atoms with E-state index in [9.17, 15) is 27.1 Å². The molecule has 33 heavy (non-hydrogen) atoms. The average molecular weight is 495 g/mol. The van der Waals surface area contributed by atoms with Gasteiger partial charge >= 0.3 is 0 Å². The molecule has 3 aromatic carbocycles. The van der Waals surface area contributed by atoms with Crippen LogP contribution in [0, 0.1) is 11.6 Å². The van der Waals surface area contributed by atoms with Gasteiger partial charge in [-0.25, -0.2) is 17.2 Å². The second-order valence-corrected chi connectivity index (χ2v) is 9.44. The maximum atomic E-state index is 14.0. The molecule has 0 bridgehead atoms. The fourth-order valence-corrected chi connectivity index (χ4v) is 4.98. The van der Waals surface area contributed by atoms with Gasteiger partial charge in [-0.05, 0) is 54.6 Å². The molecule has 1 aliphatic rings. The monoisotopic (exact) mass is 494 g/mol. The smallest absolute Gasteiger partial charge is 0.264 e. The van der Waals surface area contributed by atoms with Crippen LogP contribution in [0.1, 0.15) is 10.4 Å². The van der Waals surface area contributed by atoms with Gasteiger partial charge in [-0.1, -0.05) is 17.7 Å². The highest BCUT2D eigenvalue weighted by molar-refractivity contribution is 7.92. The van der Waals surface area contributed by atoms with Gasteiger partial charge in [0.2, 0.25) is 0 Å². The number of rotatable bonds is 5. The zero-order chi connectivity index (χ0) is 23.8. The molecule has 172 valence electrons. The van der Waals surface area contributed by atoms with Gasteiger partial charge in [-0.2, -0.15) is 0 Å². The van der Waals surface area contributed by atoms with E-state index >= 15 is 0 Å². The lowest BCUT2D eigenvalue weighted by atomic mass is 10.1. The SMILES string of the molecule is O=C(Nc1ccc2c(c1)N(S(=O)(=O)c1ccc(Cl)cc1)C[C@H](CO)O2)c1c(F)cccc1F. The van der Waals surface area contributed by atoms with Crippen molar-refractivity contribution in [3.63, 3.8) is 0 Å². The van der Waals surface area contributed by atoms with Crippen molar-refractivity contribution in [1.29, 1.82) is 0 Å². The molecule has 0 saturated heterocycles. The molecule has 0 radical (unpaired) electrons. The van der Waals surface area contributed by atoms with Crippen LogP contribution >= 0.6 is 11.6 Å². The average Bonchev–Trinajstić information content (AvgIpc) is 2.78. The van der Waals surface area contributed by atoms with Crippen LogP contribution in [0.5, 0.6) is 5.75 Å². The van der Waals surface area contributed by atoms with Crippen molar-refractivity contribution in [2.75, 3.05) is 22.8 Å². The molecule has 0 fully saturated rings. The molecule has 1 amide bonds. The van der Waals surface area contributed by atoms with Crippen molar-refractivity contribution in [3.8, 4) is 5.75 Å². The standard InChI is InChI=1S/C22H17ClF2N2O5S/c23-13-4-7-16(8-5-13)33(30,31)27-11-15(12-28)32-20-9-6-14(10-19(20)27)26-22(29)21-17(24)2-1-3-18(21)25/h1-10,15,28H,11-12H2,(H,26,29)/t15-/m1/s1. The molecular formula is C22H17ClF2N2O5S. The Morgan fingerprint density at radius 3 is 2.42 bits per heavy atom. The van der Waals surface area contributed by atoms with E-state index in [4.69, 9.17) is 16.3 Å². The molecular weight excluding hydrogens is 478 g/mol. The third-order valence-corrected chi connectivity index (χ3v) is 6.99. The summed E-state index contributed by atoms with van der Waals surface area (Å²) in [6.45, 7) is -0.634. The lowest BCUT2D eigenvalue weighted by molar-refractivity contribution is 0.101. The molecule has 0 unspecified atom stereocenters. The van der Waals surface area contributed by atoms with Gasteiger partial charge in [-0.15, -0.1) is 0 Å². The summed E-state index contributed by atoms with van der Waals surface area (Å²) in [5.41, 5.74) is -0.595. The Morgan fingerprint density at radius 2 is 1.79 bits per heavy atom. The second kappa shape index (κ2) is 8.97. The van der Waals surface area contributed by atoms with Gasteiger partial charge in [0, 0.05) is 10.7 Å². The first-order valence-corrected chi connectivity index (χ1v) is 11.5. The molecule has 7 nitrogen and oxygen atoms in total. The van der Waals surface area contributed by atoms with Crippen LogP contribution in [0.25, 0.3) is 0 Å². The third kappa shape index (κ3) is 4.50. The Kier molecular flexibility index (Phi) is 6.24. The van der Waals surface area contributed by atoms with Crippen molar-refractivity contribution >= 4 is 38.9 Å². The number of aliphatic hydroxyl groups excluding tert-OH is 1. The van der Waals surface area contributed by atoms with Gasteiger partial charge in [-0.3, -0.25) is 9.10 Å². The molecule has 0 spiro atoms. The Balaban J connectivity index is 1.72. The number of fused-ring (bicyclic) bond motifs is 1. The summed E-state index contributed by atoms with van der Waals surface area (Å²) in [7, 11) is -4.10. The molecule has 11 heteroatoms. The molecule has 0 aromatic heterocycles. The zero-order valence-corrected chi connectivity index (χ0v) is 18.4. The van der Waals surface area contributed by atoms with Crippen LogP contribution in [0.2, 0.25) is 5.02 Å². The van der Waals surface area contributed by atoms with Crippen LogP contribution in [0.4, 0.5) is 20.2 Å². The fourth-order valence-electron chi connectivity index (χ4n) is 3.35. The van der Waals surface area contributed by atoms with E-state index in [1.807, 2.05) is 0 Å². The molecule has 1 atom stereocenters. The third-order valence-electron chi connectivity index (χ3n) is 4.94. The normalized spacial score (nSPS) is 15.5. The van der Waals surface area contributed by atoms with Gasteiger partial charge in [0.1, 0.15) is 29.1 Å². The fraction of sp³-hybridized carbons (Fsp3) is 0.136. The van der Waals surface area contributed by atoms with Crippen LogP contribution in [-0.2, 0) is 10.0 Å². The highest BCUT2D eigenvalue weighted by Crippen LogP contribution is 2.39. The van der Waals surface area contributed by atoms with Gasteiger partial charge in [0.25, 0.3) is 15.9 Å². The topological polar surface area (TPSA) is 95.9 Å². The minimum Gasteiger partial charge on any atom is -0.484 e. The van der Waals surface area contributed by atoms with Gasteiger partial charge in [0.05, 0.1) is 23.7 Å². The van der Waals surface area contributed by atoms with Crippen molar-refractivity contribution in [2.24, 2.45) is 0 Å².